The smallest absolute Gasteiger partial charge is 0.285 e. The normalized spacial score (nSPS) is 24.9. The number of hydrogen-bond donors (Lipinski definition) is 1. The van der Waals surface area contributed by atoms with Gasteiger partial charge < -0.3 is 9.88 Å². The summed E-state index contributed by atoms with van der Waals surface area (Å²) < 4.78 is 2.05. The summed E-state index contributed by atoms with van der Waals surface area (Å²) >= 11 is 1.79. The summed E-state index contributed by atoms with van der Waals surface area (Å²) in [5.41, 5.74) is -0.179. The minimum absolute atomic E-state index is 0.198. The summed E-state index contributed by atoms with van der Waals surface area (Å²) in [5.74, 6) is 1.38. The van der Waals surface area contributed by atoms with Crippen molar-refractivity contribution in [3.8, 4) is 0 Å². The van der Waals surface area contributed by atoms with E-state index in [2.05, 4.69) is 37.3 Å². The fourth-order valence-corrected chi connectivity index (χ4v) is 5.80. The van der Waals surface area contributed by atoms with Gasteiger partial charge in [0.1, 0.15) is 11.4 Å². The lowest BCUT2D eigenvalue weighted by Crippen LogP contribution is -2.39. The lowest BCUT2D eigenvalue weighted by atomic mass is 9.95. The number of fused-ring (bicyclic) bond motifs is 3. The molecular weight excluding hydrogens is 372 g/mol. The minimum Gasteiger partial charge on any atom is -0.349 e. The highest BCUT2D eigenvalue weighted by atomic mass is 32.1. The van der Waals surface area contributed by atoms with E-state index in [1.807, 2.05) is 0 Å². The van der Waals surface area contributed by atoms with Crippen molar-refractivity contribution in [3.63, 3.8) is 0 Å². The molecule has 0 unspecified atom stereocenters. The maximum Gasteiger partial charge on any atom is 0.285 e. The Kier molecular flexibility index (Phi) is 4.80. The van der Waals surface area contributed by atoms with Crippen LogP contribution in [0.2, 0.25) is 0 Å². The van der Waals surface area contributed by atoms with Crippen molar-refractivity contribution in [2.24, 2.45) is 5.92 Å². The fourth-order valence-electron chi connectivity index (χ4n) is 5.06. The molecule has 2 atom stereocenters. The number of thiophene rings is 1. The van der Waals surface area contributed by atoms with E-state index >= 15 is 0 Å². The van der Waals surface area contributed by atoms with Gasteiger partial charge in [-0.3, -0.25) is 14.5 Å². The molecule has 2 fully saturated rings. The van der Waals surface area contributed by atoms with Crippen molar-refractivity contribution in [1.29, 1.82) is 0 Å². The SMILES string of the molecule is O=C(NC1CCCCC1)c1cn2c(nc1=O)[C@@H]1CN(Cc3cccs3)C[C@H]1C2. The molecule has 3 aliphatic rings. The molecule has 0 bridgehead atoms. The second-order valence-corrected chi connectivity index (χ2v) is 9.45. The van der Waals surface area contributed by atoms with Crippen LogP contribution >= 0.6 is 11.3 Å². The summed E-state index contributed by atoms with van der Waals surface area (Å²) in [6.45, 7) is 3.76. The largest absolute Gasteiger partial charge is 0.349 e. The van der Waals surface area contributed by atoms with Gasteiger partial charge in [0.05, 0.1) is 0 Å². The van der Waals surface area contributed by atoms with E-state index in [9.17, 15) is 9.59 Å². The van der Waals surface area contributed by atoms with Gasteiger partial charge in [-0.1, -0.05) is 25.3 Å². The van der Waals surface area contributed by atoms with Crippen LogP contribution in [0.15, 0.2) is 28.5 Å². The van der Waals surface area contributed by atoms with E-state index in [0.29, 0.717) is 11.8 Å². The van der Waals surface area contributed by atoms with Gasteiger partial charge in [-0.2, -0.15) is 4.98 Å². The van der Waals surface area contributed by atoms with Crippen LogP contribution in [-0.4, -0.2) is 39.5 Å². The van der Waals surface area contributed by atoms with Crippen molar-refractivity contribution in [2.75, 3.05) is 13.1 Å². The molecule has 0 radical (unpaired) electrons. The number of aromatic nitrogens is 2. The molecule has 2 aromatic heterocycles. The predicted octanol–water partition coefficient (Wildman–Crippen LogP) is 2.60. The van der Waals surface area contributed by atoms with Crippen molar-refractivity contribution in [1.82, 2.24) is 19.8 Å². The maximum absolute atomic E-state index is 12.6. The second-order valence-electron chi connectivity index (χ2n) is 8.42. The highest BCUT2D eigenvalue weighted by Crippen LogP contribution is 2.38. The van der Waals surface area contributed by atoms with Gasteiger partial charge in [0.2, 0.25) is 0 Å². The first-order chi connectivity index (χ1) is 13.7. The Balaban J connectivity index is 1.30. The van der Waals surface area contributed by atoms with Crippen LogP contribution in [0.3, 0.4) is 0 Å². The molecule has 6 nitrogen and oxygen atoms in total. The molecule has 2 aromatic rings. The monoisotopic (exact) mass is 398 g/mol. The molecule has 7 heteroatoms. The van der Waals surface area contributed by atoms with Crippen LogP contribution in [-0.2, 0) is 13.1 Å². The van der Waals surface area contributed by atoms with Gasteiger partial charge in [-0.15, -0.1) is 11.3 Å². The number of amides is 1. The van der Waals surface area contributed by atoms with Crippen LogP contribution in [0, 0.1) is 5.92 Å². The average molecular weight is 399 g/mol. The van der Waals surface area contributed by atoms with Crippen LogP contribution < -0.4 is 10.9 Å². The van der Waals surface area contributed by atoms with Crippen LogP contribution in [0.5, 0.6) is 0 Å². The Labute approximate surface area is 168 Å². The molecule has 1 N–H and O–H groups in total. The van der Waals surface area contributed by atoms with Gasteiger partial charge in [0.15, 0.2) is 0 Å². The lowest BCUT2D eigenvalue weighted by Gasteiger charge is -2.22. The van der Waals surface area contributed by atoms with Crippen LogP contribution in [0.1, 0.15) is 59.1 Å². The third-order valence-corrected chi connectivity index (χ3v) is 7.31. The molecule has 1 amide bonds. The Hall–Kier alpha value is -1.99. The van der Waals surface area contributed by atoms with E-state index in [1.54, 1.807) is 17.5 Å². The zero-order chi connectivity index (χ0) is 19.1. The van der Waals surface area contributed by atoms with Crippen molar-refractivity contribution in [2.45, 2.75) is 57.2 Å². The van der Waals surface area contributed by atoms with E-state index in [4.69, 9.17) is 0 Å². The van der Waals surface area contributed by atoms with Gasteiger partial charge >= 0.3 is 0 Å². The van der Waals surface area contributed by atoms with Gasteiger partial charge in [0, 0.05) is 55.1 Å². The molecule has 1 saturated carbocycles. The first-order valence-electron chi connectivity index (χ1n) is 10.3. The highest BCUT2D eigenvalue weighted by Gasteiger charge is 2.41. The van der Waals surface area contributed by atoms with Gasteiger partial charge in [-0.05, 0) is 24.3 Å². The summed E-state index contributed by atoms with van der Waals surface area (Å²) in [4.78, 5) is 33.4. The summed E-state index contributed by atoms with van der Waals surface area (Å²) in [5, 5.41) is 5.16. The minimum atomic E-state index is -0.378. The van der Waals surface area contributed by atoms with Crippen molar-refractivity contribution < 1.29 is 4.79 Å². The number of nitrogens with zero attached hydrogens (tertiary/aromatic N) is 3. The topological polar surface area (TPSA) is 67.2 Å². The molecular formula is C21H26N4O2S. The molecule has 28 heavy (non-hydrogen) atoms. The van der Waals surface area contributed by atoms with Crippen LogP contribution in [0.4, 0.5) is 0 Å². The first kappa shape index (κ1) is 18.1. The maximum atomic E-state index is 12.6. The highest BCUT2D eigenvalue weighted by molar-refractivity contribution is 7.09. The van der Waals surface area contributed by atoms with E-state index < -0.39 is 0 Å². The number of nitrogens with one attached hydrogen (secondary N) is 1. The second kappa shape index (κ2) is 7.44. The Bertz CT molecular complexity index is 917. The van der Waals surface area contributed by atoms with E-state index in [1.165, 1.54) is 11.3 Å². The van der Waals surface area contributed by atoms with Crippen molar-refractivity contribution >= 4 is 17.2 Å². The quantitative estimate of drug-likeness (QED) is 0.860. The Morgan fingerprint density at radius 2 is 2.07 bits per heavy atom. The molecule has 1 saturated heterocycles. The molecule has 5 rings (SSSR count). The molecule has 0 spiro atoms. The molecule has 4 heterocycles. The number of hydrogen-bond acceptors (Lipinski definition) is 5. The molecule has 1 aliphatic carbocycles. The summed E-state index contributed by atoms with van der Waals surface area (Å²) in [6.07, 6.45) is 7.31. The first-order valence-corrected chi connectivity index (χ1v) is 11.2. The lowest BCUT2D eigenvalue weighted by molar-refractivity contribution is 0.0925. The Morgan fingerprint density at radius 3 is 2.86 bits per heavy atom. The van der Waals surface area contributed by atoms with Gasteiger partial charge in [-0.25, -0.2) is 0 Å². The predicted molar refractivity (Wildman–Crippen MR) is 109 cm³/mol. The Morgan fingerprint density at radius 1 is 1.21 bits per heavy atom. The summed E-state index contributed by atoms with van der Waals surface area (Å²) in [7, 11) is 0. The number of carbonyl (C=O) groups is 1. The van der Waals surface area contributed by atoms with E-state index in [-0.39, 0.29) is 23.1 Å². The molecule has 0 aromatic carbocycles. The fraction of sp³-hybridized carbons (Fsp3) is 0.571. The summed E-state index contributed by atoms with van der Waals surface area (Å²) in [6, 6.07) is 4.46. The zero-order valence-electron chi connectivity index (χ0n) is 16.0. The van der Waals surface area contributed by atoms with Gasteiger partial charge in [0.25, 0.3) is 11.5 Å². The van der Waals surface area contributed by atoms with Crippen LogP contribution in [0.25, 0.3) is 0 Å². The zero-order valence-corrected chi connectivity index (χ0v) is 16.8. The number of carbonyl (C=O) groups excluding carboxylic acids is 1. The third kappa shape index (κ3) is 3.42. The van der Waals surface area contributed by atoms with Crippen molar-refractivity contribution in [3.05, 3.63) is 50.3 Å². The standard InChI is InChI=1S/C21H26N4O2S/c26-20(22-15-5-2-1-3-6-15)18-13-25-10-14-9-24(11-16-7-4-8-28-16)12-17(14)19(25)23-21(18)27/h4,7-8,13-15,17H,1-3,5-6,9-12H2,(H,22,26)/t14-,17+/m0/s1. The number of rotatable bonds is 4. The molecule has 2 aliphatic heterocycles. The van der Waals surface area contributed by atoms with E-state index in [0.717, 1.165) is 57.7 Å². The average Bonchev–Trinajstić information content (AvgIpc) is 3.39. The number of likely N-dealkylation sites (tertiary alicyclic amines) is 1. The molecule has 148 valence electrons. The third-order valence-electron chi connectivity index (χ3n) is 6.45.